The molecule has 1 unspecified atom stereocenters. The van der Waals surface area contributed by atoms with Gasteiger partial charge in [0.2, 0.25) is 0 Å². The first-order chi connectivity index (χ1) is 8.75. The summed E-state index contributed by atoms with van der Waals surface area (Å²) in [5, 5.41) is 10.6. The lowest BCUT2D eigenvalue weighted by molar-refractivity contribution is -0.388. The van der Waals surface area contributed by atoms with Crippen LogP contribution in [0.1, 0.15) is 30.9 Å². The van der Waals surface area contributed by atoms with Crippen LogP contribution in [-0.4, -0.2) is 11.0 Å². The van der Waals surface area contributed by atoms with Gasteiger partial charge in [-0.2, -0.15) is 13.2 Å². The van der Waals surface area contributed by atoms with Gasteiger partial charge < -0.3 is 5.73 Å². The Kier molecular flexibility index (Phi) is 4.88. The van der Waals surface area contributed by atoms with Gasteiger partial charge in [0, 0.05) is 12.1 Å². The van der Waals surface area contributed by atoms with Gasteiger partial charge in [-0.15, -0.1) is 0 Å². The van der Waals surface area contributed by atoms with Crippen molar-refractivity contribution in [2.24, 2.45) is 5.73 Å². The standard InChI is InChI=1S/C12H15F3N2O2/c1-2-3-9(16)6-8-4-5-11(17(18)19)10(7-8)12(13,14)15/h4-5,7,9H,2-3,6,16H2,1H3. The first-order valence-corrected chi connectivity index (χ1v) is 5.85. The number of halogens is 3. The van der Waals surface area contributed by atoms with Crippen molar-refractivity contribution < 1.29 is 18.1 Å². The molecule has 1 aromatic rings. The van der Waals surface area contributed by atoms with Crippen molar-refractivity contribution in [1.29, 1.82) is 0 Å². The lowest BCUT2D eigenvalue weighted by Crippen LogP contribution is -2.22. The zero-order valence-electron chi connectivity index (χ0n) is 10.4. The predicted octanol–water partition coefficient (Wildman–Crippen LogP) is 3.28. The molecular weight excluding hydrogens is 261 g/mol. The first-order valence-electron chi connectivity index (χ1n) is 5.85. The fourth-order valence-electron chi connectivity index (χ4n) is 1.87. The summed E-state index contributed by atoms with van der Waals surface area (Å²) in [5.41, 5.74) is 3.96. The molecule has 0 aliphatic heterocycles. The van der Waals surface area contributed by atoms with Gasteiger partial charge >= 0.3 is 6.18 Å². The molecule has 0 saturated carbocycles. The minimum atomic E-state index is -4.74. The van der Waals surface area contributed by atoms with E-state index in [0.29, 0.717) is 12.0 Å². The maximum atomic E-state index is 12.7. The summed E-state index contributed by atoms with van der Waals surface area (Å²) in [6.45, 7) is 1.93. The first kappa shape index (κ1) is 15.4. The summed E-state index contributed by atoms with van der Waals surface area (Å²) in [4.78, 5) is 9.56. The van der Waals surface area contributed by atoms with E-state index in [4.69, 9.17) is 5.73 Å². The van der Waals surface area contributed by atoms with Gasteiger partial charge in [-0.25, -0.2) is 0 Å². The van der Waals surface area contributed by atoms with Gasteiger partial charge in [0.15, 0.2) is 0 Å². The van der Waals surface area contributed by atoms with E-state index in [0.717, 1.165) is 18.6 Å². The molecule has 0 aromatic heterocycles. The van der Waals surface area contributed by atoms with Crippen LogP contribution in [0, 0.1) is 10.1 Å². The second kappa shape index (κ2) is 6.01. The van der Waals surface area contributed by atoms with Crippen LogP contribution >= 0.6 is 0 Å². The van der Waals surface area contributed by atoms with Crippen LogP contribution in [-0.2, 0) is 12.6 Å². The number of alkyl halides is 3. The van der Waals surface area contributed by atoms with E-state index in [2.05, 4.69) is 0 Å². The molecule has 0 aliphatic rings. The van der Waals surface area contributed by atoms with Gasteiger partial charge in [0.25, 0.3) is 5.69 Å². The zero-order valence-corrected chi connectivity index (χ0v) is 10.4. The predicted molar refractivity (Wildman–Crippen MR) is 64.7 cm³/mol. The van der Waals surface area contributed by atoms with Crippen LogP contribution in [0.5, 0.6) is 0 Å². The Labute approximate surface area is 108 Å². The van der Waals surface area contributed by atoms with Crippen LogP contribution in [0.4, 0.5) is 18.9 Å². The summed E-state index contributed by atoms with van der Waals surface area (Å²) in [5.74, 6) is 0. The number of benzene rings is 1. The highest BCUT2D eigenvalue weighted by molar-refractivity contribution is 5.44. The molecule has 0 radical (unpaired) electrons. The summed E-state index contributed by atoms with van der Waals surface area (Å²) < 4.78 is 38.2. The molecule has 1 atom stereocenters. The SMILES string of the molecule is CCCC(N)Cc1ccc([N+](=O)[O-])c(C(F)(F)F)c1. The van der Waals surface area contributed by atoms with Crippen molar-refractivity contribution in [1.82, 2.24) is 0 Å². The Bertz CT molecular complexity index is 461. The minimum absolute atomic E-state index is 0.243. The van der Waals surface area contributed by atoms with Gasteiger partial charge in [-0.05, 0) is 24.5 Å². The molecule has 1 aromatic carbocycles. The molecule has 4 nitrogen and oxygen atoms in total. The van der Waals surface area contributed by atoms with E-state index in [1.807, 2.05) is 6.92 Å². The minimum Gasteiger partial charge on any atom is -0.327 e. The highest BCUT2D eigenvalue weighted by Crippen LogP contribution is 2.36. The summed E-state index contributed by atoms with van der Waals surface area (Å²) >= 11 is 0. The third kappa shape index (κ3) is 4.20. The average Bonchev–Trinajstić information content (AvgIpc) is 2.27. The number of nitro groups is 1. The van der Waals surface area contributed by atoms with Crippen LogP contribution in [0.2, 0.25) is 0 Å². The molecular formula is C12H15F3N2O2. The van der Waals surface area contributed by atoms with Gasteiger partial charge in [0.05, 0.1) is 4.92 Å². The number of nitrogens with zero attached hydrogens (tertiary/aromatic N) is 1. The van der Waals surface area contributed by atoms with Gasteiger partial charge in [0.1, 0.15) is 5.56 Å². The summed E-state index contributed by atoms with van der Waals surface area (Å²) in [6, 6.07) is 2.78. The molecule has 0 aliphatic carbocycles. The Morgan fingerprint density at radius 1 is 1.42 bits per heavy atom. The second-order valence-corrected chi connectivity index (χ2v) is 4.36. The Morgan fingerprint density at radius 3 is 2.53 bits per heavy atom. The third-order valence-corrected chi connectivity index (χ3v) is 2.72. The molecule has 0 bridgehead atoms. The smallest absolute Gasteiger partial charge is 0.327 e. The fourth-order valence-corrected chi connectivity index (χ4v) is 1.87. The lowest BCUT2D eigenvalue weighted by atomic mass is 10.00. The molecule has 1 rings (SSSR count). The fraction of sp³-hybridized carbons (Fsp3) is 0.500. The average molecular weight is 276 g/mol. The van der Waals surface area contributed by atoms with E-state index in [1.165, 1.54) is 6.07 Å². The van der Waals surface area contributed by atoms with Crippen molar-refractivity contribution in [2.45, 2.75) is 38.4 Å². The van der Waals surface area contributed by atoms with Crippen molar-refractivity contribution in [2.75, 3.05) is 0 Å². The largest absolute Gasteiger partial charge is 0.423 e. The van der Waals surface area contributed by atoms with Crippen LogP contribution in [0.25, 0.3) is 0 Å². The normalized spacial score (nSPS) is 13.3. The monoisotopic (exact) mass is 276 g/mol. The number of nitrogens with two attached hydrogens (primary N) is 1. The molecule has 0 saturated heterocycles. The Balaban J connectivity index is 3.09. The topological polar surface area (TPSA) is 69.2 Å². The third-order valence-electron chi connectivity index (χ3n) is 2.72. The molecule has 106 valence electrons. The van der Waals surface area contributed by atoms with E-state index < -0.39 is 22.4 Å². The van der Waals surface area contributed by atoms with Crippen LogP contribution in [0.15, 0.2) is 18.2 Å². The highest BCUT2D eigenvalue weighted by Gasteiger charge is 2.38. The molecule has 0 fully saturated rings. The van der Waals surface area contributed by atoms with Crippen LogP contribution in [0.3, 0.4) is 0 Å². The number of rotatable bonds is 5. The molecule has 7 heteroatoms. The van der Waals surface area contributed by atoms with Crippen molar-refractivity contribution in [3.05, 3.63) is 39.4 Å². The van der Waals surface area contributed by atoms with E-state index in [9.17, 15) is 23.3 Å². The van der Waals surface area contributed by atoms with E-state index >= 15 is 0 Å². The number of hydrogen-bond acceptors (Lipinski definition) is 3. The van der Waals surface area contributed by atoms with Crippen molar-refractivity contribution in [3.8, 4) is 0 Å². The van der Waals surface area contributed by atoms with Crippen LogP contribution < -0.4 is 5.73 Å². The zero-order chi connectivity index (χ0) is 14.6. The maximum absolute atomic E-state index is 12.7. The van der Waals surface area contributed by atoms with Gasteiger partial charge in [-0.1, -0.05) is 19.4 Å². The Morgan fingerprint density at radius 2 is 2.05 bits per heavy atom. The van der Waals surface area contributed by atoms with Gasteiger partial charge in [-0.3, -0.25) is 10.1 Å². The Hall–Kier alpha value is -1.63. The lowest BCUT2D eigenvalue weighted by Gasteiger charge is -2.13. The summed E-state index contributed by atoms with van der Waals surface area (Å²) in [7, 11) is 0. The summed E-state index contributed by atoms with van der Waals surface area (Å²) in [6.07, 6.45) is -2.94. The maximum Gasteiger partial charge on any atom is 0.423 e. The van der Waals surface area contributed by atoms with Crippen molar-refractivity contribution >= 4 is 5.69 Å². The van der Waals surface area contributed by atoms with E-state index in [1.54, 1.807) is 0 Å². The quantitative estimate of drug-likeness (QED) is 0.662. The second-order valence-electron chi connectivity index (χ2n) is 4.36. The molecule has 2 N–H and O–H groups in total. The molecule has 0 spiro atoms. The van der Waals surface area contributed by atoms with Crippen molar-refractivity contribution in [3.63, 3.8) is 0 Å². The highest BCUT2D eigenvalue weighted by atomic mass is 19.4. The number of nitro benzene ring substituents is 1. The molecule has 0 heterocycles. The molecule has 0 amide bonds. The van der Waals surface area contributed by atoms with E-state index in [-0.39, 0.29) is 12.5 Å². The molecule has 19 heavy (non-hydrogen) atoms. The number of hydrogen-bond donors (Lipinski definition) is 1.